The molecule has 0 bridgehead atoms. The minimum absolute atomic E-state index is 0.131. The van der Waals surface area contributed by atoms with E-state index in [1.54, 1.807) is 0 Å². The van der Waals surface area contributed by atoms with Crippen LogP contribution in [0, 0.1) is 17.3 Å². The van der Waals surface area contributed by atoms with Gasteiger partial charge in [0.2, 0.25) is 5.91 Å². The topological polar surface area (TPSA) is 57.6 Å². The molecule has 114 valence electrons. The number of carboxylic acid groups (broad SMARTS) is 1. The minimum atomic E-state index is -4.84. The molecule has 2 rings (SSSR count). The first-order valence-electron chi connectivity index (χ1n) is 6.78. The molecule has 1 aliphatic heterocycles. The van der Waals surface area contributed by atoms with Crippen molar-refractivity contribution >= 4 is 11.9 Å². The van der Waals surface area contributed by atoms with Crippen molar-refractivity contribution in [2.45, 2.75) is 38.8 Å². The second-order valence-corrected chi connectivity index (χ2v) is 5.91. The van der Waals surface area contributed by atoms with Gasteiger partial charge in [-0.25, -0.2) is 0 Å². The van der Waals surface area contributed by atoms with Gasteiger partial charge in [0.05, 0.1) is 0 Å². The molecule has 2 fully saturated rings. The number of hydrogen-bond acceptors (Lipinski definition) is 2. The van der Waals surface area contributed by atoms with E-state index >= 15 is 0 Å². The second-order valence-electron chi connectivity index (χ2n) is 5.91. The zero-order valence-corrected chi connectivity index (χ0v) is 11.2. The Morgan fingerprint density at radius 3 is 2.35 bits per heavy atom. The number of alkyl halides is 3. The molecule has 0 radical (unpaired) electrons. The number of nitrogens with zero attached hydrogens (tertiary/aromatic N) is 1. The monoisotopic (exact) mass is 293 g/mol. The van der Waals surface area contributed by atoms with E-state index < -0.39 is 30.5 Å². The number of hydrogen-bond donors (Lipinski definition) is 1. The van der Waals surface area contributed by atoms with Crippen LogP contribution in [0.25, 0.3) is 0 Å². The quantitative estimate of drug-likeness (QED) is 0.850. The molecule has 0 aromatic carbocycles. The van der Waals surface area contributed by atoms with Crippen molar-refractivity contribution in [1.82, 2.24) is 4.90 Å². The van der Waals surface area contributed by atoms with Crippen LogP contribution in [0.15, 0.2) is 0 Å². The lowest BCUT2D eigenvalue weighted by Gasteiger charge is -2.28. The molecule has 3 atom stereocenters. The summed E-state index contributed by atoms with van der Waals surface area (Å²) in [6, 6.07) is 0. The Kier molecular flexibility index (Phi) is 3.73. The van der Waals surface area contributed by atoms with Crippen LogP contribution in [0.5, 0.6) is 0 Å². The molecule has 1 saturated heterocycles. The highest BCUT2D eigenvalue weighted by Gasteiger charge is 2.64. The number of amides is 1. The standard InChI is InChI=1S/C13H18F3NO3/c1-8-3-2-4-9(8)10(18)17-6-5-12(7-17,11(19)20)13(14,15)16/h8-9H,2-7H2,1H3,(H,19,20). The van der Waals surface area contributed by atoms with Crippen molar-refractivity contribution in [1.29, 1.82) is 0 Å². The van der Waals surface area contributed by atoms with Gasteiger partial charge in [-0.3, -0.25) is 9.59 Å². The van der Waals surface area contributed by atoms with Gasteiger partial charge in [-0.1, -0.05) is 13.3 Å². The van der Waals surface area contributed by atoms with Crippen LogP contribution in [-0.2, 0) is 9.59 Å². The zero-order chi connectivity index (χ0) is 15.1. The highest BCUT2D eigenvalue weighted by molar-refractivity contribution is 5.83. The van der Waals surface area contributed by atoms with Crippen LogP contribution < -0.4 is 0 Å². The van der Waals surface area contributed by atoms with Crippen LogP contribution in [-0.4, -0.2) is 41.1 Å². The number of halogens is 3. The van der Waals surface area contributed by atoms with Gasteiger partial charge in [0, 0.05) is 19.0 Å². The number of likely N-dealkylation sites (tertiary alicyclic amines) is 1. The van der Waals surface area contributed by atoms with Gasteiger partial charge in [-0.15, -0.1) is 0 Å². The smallest absolute Gasteiger partial charge is 0.406 e. The van der Waals surface area contributed by atoms with Gasteiger partial charge in [0.25, 0.3) is 0 Å². The molecule has 4 nitrogen and oxygen atoms in total. The highest BCUT2D eigenvalue weighted by Crippen LogP contribution is 2.46. The summed E-state index contributed by atoms with van der Waals surface area (Å²) in [4.78, 5) is 24.4. The fourth-order valence-corrected chi connectivity index (χ4v) is 3.27. The predicted molar refractivity (Wildman–Crippen MR) is 63.8 cm³/mol. The molecule has 1 N–H and O–H groups in total. The summed E-state index contributed by atoms with van der Waals surface area (Å²) in [6.45, 7) is 1.03. The van der Waals surface area contributed by atoms with Crippen molar-refractivity contribution in [2.24, 2.45) is 17.3 Å². The molecule has 0 aromatic heterocycles. The first-order chi connectivity index (χ1) is 9.19. The number of rotatable bonds is 2. The van der Waals surface area contributed by atoms with Crippen LogP contribution in [0.3, 0.4) is 0 Å². The maximum absolute atomic E-state index is 13.0. The molecular formula is C13H18F3NO3. The molecule has 7 heteroatoms. The lowest BCUT2D eigenvalue weighted by Crippen LogP contribution is -2.48. The SMILES string of the molecule is CC1CCCC1C(=O)N1CCC(C(=O)O)(C(F)(F)F)C1. The summed E-state index contributed by atoms with van der Waals surface area (Å²) in [6.07, 6.45) is -2.92. The van der Waals surface area contributed by atoms with E-state index in [9.17, 15) is 22.8 Å². The third-order valence-corrected chi connectivity index (χ3v) is 4.71. The fraction of sp³-hybridized carbons (Fsp3) is 0.846. The molecule has 2 aliphatic rings. The van der Waals surface area contributed by atoms with Crippen LogP contribution in [0.1, 0.15) is 32.6 Å². The van der Waals surface area contributed by atoms with Crippen molar-refractivity contribution in [3.8, 4) is 0 Å². The third kappa shape index (κ3) is 2.27. The zero-order valence-electron chi connectivity index (χ0n) is 11.2. The van der Waals surface area contributed by atoms with Crippen molar-refractivity contribution in [2.75, 3.05) is 13.1 Å². The lowest BCUT2D eigenvalue weighted by atomic mass is 9.86. The molecule has 1 saturated carbocycles. The Balaban J connectivity index is 2.15. The predicted octanol–water partition coefficient (Wildman–Crippen LogP) is 2.29. The van der Waals surface area contributed by atoms with E-state index in [0.29, 0.717) is 6.42 Å². The summed E-state index contributed by atoms with van der Waals surface area (Å²) in [5.74, 6) is -2.30. The number of carbonyl (C=O) groups is 2. The largest absolute Gasteiger partial charge is 0.481 e. The number of aliphatic carboxylic acids is 1. The molecule has 3 unspecified atom stereocenters. The molecule has 0 spiro atoms. The summed E-state index contributed by atoms with van der Waals surface area (Å²) in [7, 11) is 0. The second kappa shape index (κ2) is 4.93. The van der Waals surface area contributed by atoms with E-state index in [-0.39, 0.29) is 24.3 Å². The molecule has 1 amide bonds. The van der Waals surface area contributed by atoms with Crippen LogP contribution in [0.4, 0.5) is 13.2 Å². The molecule has 1 aliphatic carbocycles. The molecule has 1 heterocycles. The van der Waals surface area contributed by atoms with Crippen LogP contribution in [0.2, 0.25) is 0 Å². The first kappa shape index (κ1) is 15.1. The molecule has 20 heavy (non-hydrogen) atoms. The summed E-state index contributed by atoms with van der Waals surface area (Å²) >= 11 is 0. The van der Waals surface area contributed by atoms with Crippen molar-refractivity contribution in [3.63, 3.8) is 0 Å². The van der Waals surface area contributed by atoms with Gasteiger partial charge >= 0.3 is 12.1 Å². The highest BCUT2D eigenvalue weighted by atomic mass is 19.4. The van der Waals surface area contributed by atoms with E-state index in [1.165, 1.54) is 0 Å². The third-order valence-electron chi connectivity index (χ3n) is 4.71. The van der Waals surface area contributed by atoms with E-state index in [1.807, 2.05) is 6.92 Å². The summed E-state index contributed by atoms with van der Waals surface area (Å²) in [5.41, 5.74) is -2.80. The minimum Gasteiger partial charge on any atom is -0.481 e. The van der Waals surface area contributed by atoms with Gasteiger partial charge in [-0.05, 0) is 25.2 Å². The number of carbonyl (C=O) groups excluding carboxylic acids is 1. The average molecular weight is 293 g/mol. The maximum atomic E-state index is 13.0. The molecule has 0 aromatic rings. The Morgan fingerprint density at radius 1 is 1.30 bits per heavy atom. The normalized spacial score (nSPS) is 34.5. The Hall–Kier alpha value is -1.27. The Morgan fingerprint density at radius 2 is 1.95 bits per heavy atom. The van der Waals surface area contributed by atoms with Crippen molar-refractivity contribution in [3.05, 3.63) is 0 Å². The average Bonchev–Trinajstić information content (AvgIpc) is 2.93. The van der Waals surface area contributed by atoms with Gasteiger partial charge in [0.15, 0.2) is 5.41 Å². The van der Waals surface area contributed by atoms with Gasteiger partial charge in [-0.2, -0.15) is 13.2 Å². The summed E-state index contributed by atoms with van der Waals surface area (Å²) < 4.78 is 39.1. The number of carboxylic acids is 1. The van der Waals surface area contributed by atoms with Gasteiger partial charge in [0.1, 0.15) is 0 Å². The maximum Gasteiger partial charge on any atom is 0.406 e. The summed E-state index contributed by atoms with van der Waals surface area (Å²) in [5, 5.41) is 8.96. The van der Waals surface area contributed by atoms with Crippen molar-refractivity contribution < 1.29 is 27.9 Å². The lowest BCUT2D eigenvalue weighted by molar-refractivity contribution is -0.227. The Labute approximate surface area is 114 Å². The fourth-order valence-electron chi connectivity index (χ4n) is 3.27. The van der Waals surface area contributed by atoms with E-state index in [0.717, 1.165) is 17.7 Å². The first-order valence-corrected chi connectivity index (χ1v) is 6.78. The van der Waals surface area contributed by atoms with Gasteiger partial charge < -0.3 is 10.0 Å². The van der Waals surface area contributed by atoms with Crippen LogP contribution >= 0.6 is 0 Å². The van der Waals surface area contributed by atoms with E-state index in [4.69, 9.17) is 5.11 Å². The van der Waals surface area contributed by atoms with E-state index in [2.05, 4.69) is 0 Å². The Bertz CT molecular complexity index is 424. The molecular weight excluding hydrogens is 275 g/mol.